The predicted molar refractivity (Wildman–Crippen MR) is 37.7 cm³/mol. The Labute approximate surface area is 52.3 Å². The molecule has 1 nitrogen and oxygen atoms in total. The van der Waals surface area contributed by atoms with Gasteiger partial charge in [0.2, 0.25) is 0 Å². The molecule has 0 aromatic carbocycles. The number of hydrogen-bond acceptors (Lipinski definition) is 1. The summed E-state index contributed by atoms with van der Waals surface area (Å²) in [6.07, 6.45) is 1.22. The molecule has 0 rings (SSSR count). The van der Waals surface area contributed by atoms with Crippen molar-refractivity contribution in [1.82, 2.24) is 0 Å². The van der Waals surface area contributed by atoms with Crippen LogP contribution >= 0.6 is 0 Å². The van der Waals surface area contributed by atoms with Crippen LogP contribution in [0, 0.1) is 11.8 Å². The zero-order valence-corrected chi connectivity index (χ0v) is 6.15. The normalized spacial score (nSPS) is 14.6. The Morgan fingerprint density at radius 2 is 1.88 bits per heavy atom. The van der Waals surface area contributed by atoms with E-state index in [1.165, 1.54) is 6.42 Å². The summed E-state index contributed by atoms with van der Waals surface area (Å²) in [7, 11) is 0. The monoisotopic (exact) mass is 115 g/mol. The van der Waals surface area contributed by atoms with E-state index in [-0.39, 0.29) is 0 Å². The van der Waals surface area contributed by atoms with Crippen molar-refractivity contribution in [2.24, 2.45) is 17.6 Å². The molecule has 8 heavy (non-hydrogen) atoms. The Hall–Kier alpha value is -0.0400. The molecule has 0 saturated heterocycles. The van der Waals surface area contributed by atoms with E-state index in [9.17, 15) is 0 Å². The summed E-state index contributed by atoms with van der Waals surface area (Å²) < 4.78 is 0. The molecular weight excluding hydrogens is 98.1 g/mol. The largest absolute Gasteiger partial charge is 0.330 e. The Bertz CT molecular complexity index is 46.3. The van der Waals surface area contributed by atoms with Gasteiger partial charge in [-0.2, -0.15) is 0 Å². The maximum atomic E-state index is 5.48. The van der Waals surface area contributed by atoms with Gasteiger partial charge in [-0.3, -0.25) is 0 Å². The molecule has 0 radical (unpaired) electrons. The summed E-state index contributed by atoms with van der Waals surface area (Å²) in [6.45, 7) is 7.48. The summed E-state index contributed by atoms with van der Waals surface area (Å²) >= 11 is 0. The van der Waals surface area contributed by atoms with Gasteiger partial charge in [-0.15, -0.1) is 0 Å². The summed E-state index contributed by atoms with van der Waals surface area (Å²) in [5.41, 5.74) is 5.48. The van der Waals surface area contributed by atoms with Crippen LogP contribution < -0.4 is 5.73 Å². The zero-order chi connectivity index (χ0) is 6.57. The molecule has 0 bridgehead atoms. The first-order chi connectivity index (χ1) is 3.72. The molecule has 1 heteroatoms. The van der Waals surface area contributed by atoms with E-state index >= 15 is 0 Å². The van der Waals surface area contributed by atoms with Gasteiger partial charge < -0.3 is 5.73 Å². The van der Waals surface area contributed by atoms with Crippen LogP contribution in [0.4, 0.5) is 0 Å². The molecular formula is C7H17N. The molecule has 0 aliphatic rings. The van der Waals surface area contributed by atoms with Gasteiger partial charge in [-0.25, -0.2) is 0 Å². The predicted octanol–water partition coefficient (Wildman–Crippen LogP) is 1.63. The van der Waals surface area contributed by atoms with Crippen molar-refractivity contribution >= 4 is 0 Å². The van der Waals surface area contributed by atoms with Crippen molar-refractivity contribution in [3.8, 4) is 0 Å². The third kappa shape index (κ3) is 2.31. The van der Waals surface area contributed by atoms with Gasteiger partial charge >= 0.3 is 0 Å². The minimum atomic E-state index is 0.731. The molecule has 0 spiro atoms. The third-order valence-corrected chi connectivity index (χ3v) is 1.77. The highest BCUT2D eigenvalue weighted by molar-refractivity contribution is 4.60. The fraction of sp³-hybridized carbons (Fsp3) is 1.00. The Kier molecular flexibility index (Phi) is 3.88. The highest BCUT2D eigenvalue weighted by atomic mass is 14.5. The van der Waals surface area contributed by atoms with Gasteiger partial charge in [0.15, 0.2) is 0 Å². The molecule has 0 aromatic rings. The number of rotatable bonds is 3. The van der Waals surface area contributed by atoms with E-state index in [1.807, 2.05) is 0 Å². The molecule has 0 fully saturated rings. The lowest BCUT2D eigenvalue weighted by Crippen LogP contribution is -2.18. The van der Waals surface area contributed by atoms with Gasteiger partial charge in [0.05, 0.1) is 0 Å². The maximum absolute atomic E-state index is 5.48. The molecule has 0 aliphatic carbocycles. The van der Waals surface area contributed by atoms with Crippen LogP contribution in [0.3, 0.4) is 0 Å². The van der Waals surface area contributed by atoms with Crippen LogP contribution in [-0.4, -0.2) is 6.54 Å². The molecule has 1 unspecified atom stereocenters. The van der Waals surface area contributed by atoms with Gasteiger partial charge in [0.25, 0.3) is 0 Å². The highest BCUT2D eigenvalue weighted by Crippen LogP contribution is 2.11. The summed E-state index contributed by atoms with van der Waals surface area (Å²) in [5.74, 6) is 1.49. The van der Waals surface area contributed by atoms with Crippen molar-refractivity contribution in [2.45, 2.75) is 27.2 Å². The van der Waals surface area contributed by atoms with Crippen LogP contribution in [0.15, 0.2) is 0 Å². The fourth-order valence-corrected chi connectivity index (χ4v) is 0.910. The molecule has 50 valence electrons. The average Bonchev–Trinajstić information content (AvgIpc) is 1.69. The van der Waals surface area contributed by atoms with E-state index in [1.54, 1.807) is 0 Å². The minimum Gasteiger partial charge on any atom is -0.330 e. The van der Waals surface area contributed by atoms with E-state index in [0.717, 1.165) is 18.4 Å². The Balaban J connectivity index is 3.35. The van der Waals surface area contributed by atoms with Gasteiger partial charge in [0.1, 0.15) is 0 Å². The van der Waals surface area contributed by atoms with Crippen LogP contribution in [0.2, 0.25) is 0 Å². The standard InChI is InChI=1S/C7H17N/c1-4-7(5-8)6(2)3/h6-7H,4-5,8H2,1-3H3. The SMILES string of the molecule is CCC(CN)C(C)C. The van der Waals surface area contributed by atoms with Crippen molar-refractivity contribution < 1.29 is 0 Å². The molecule has 2 N–H and O–H groups in total. The molecule has 0 heterocycles. The van der Waals surface area contributed by atoms with Crippen LogP contribution in [0.1, 0.15) is 27.2 Å². The molecule has 0 saturated carbocycles. The first-order valence-electron chi connectivity index (χ1n) is 3.42. The van der Waals surface area contributed by atoms with Gasteiger partial charge in [0, 0.05) is 0 Å². The van der Waals surface area contributed by atoms with Crippen molar-refractivity contribution in [1.29, 1.82) is 0 Å². The second-order valence-electron chi connectivity index (χ2n) is 2.65. The van der Waals surface area contributed by atoms with Crippen LogP contribution in [-0.2, 0) is 0 Å². The summed E-state index contributed by atoms with van der Waals surface area (Å²) in [5, 5.41) is 0. The minimum absolute atomic E-state index is 0.731. The Morgan fingerprint density at radius 1 is 1.38 bits per heavy atom. The van der Waals surface area contributed by atoms with Crippen molar-refractivity contribution in [2.75, 3.05) is 6.54 Å². The first-order valence-corrected chi connectivity index (χ1v) is 3.42. The van der Waals surface area contributed by atoms with Crippen molar-refractivity contribution in [3.05, 3.63) is 0 Å². The van der Waals surface area contributed by atoms with Crippen LogP contribution in [0.25, 0.3) is 0 Å². The highest BCUT2D eigenvalue weighted by Gasteiger charge is 2.06. The number of nitrogens with two attached hydrogens (primary N) is 1. The molecule has 0 aliphatic heterocycles. The first kappa shape index (κ1) is 7.96. The lowest BCUT2D eigenvalue weighted by molar-refractivity contribution is 0.383. The second-order valence-corrected chi connectivity index (χ2v) is 2.65. The quantitative estimate of drug-likeness (QED) is 0.594. The second kappa shape index (κ2) is 3.90. The topological polar surface area (TPSA) is 26.0 Å². The zero-order valence-electron chi connectivity index (χ0n) is 6.15. The molecule has 0 amide bonds. The Morgan fingerprint density at radius 3 is 1.88 bits per heavy atom. The maximum Gasteiger partial charge on any atom is -0.00465 e. The van der Waals surface area contributed by atoms with Crippen LogP contribution in [0.5, 0.6) is 0 Å². The lowest BCUT2D eigenvalue weighted by Gasteiger charge is -2.15. The van der Waals surface area contributed by atoms with E-state index in [4.69, 9.17) is 5.73 Å². The van der Waals surface area contributed by atoms with E-state index < -0.39 is 0 Å². The molecule has 0 aromatic heterocycles. The van der Waals surface area contributed by atoms with E-state index in [0.29, 0.717) is 0 Å². The van der Waals surface area contributed by atoms with E-state index in [2.05, 4.69) is 20.8 Å². The number of hydrogen-bond donors (Lipinski definition) is 1. The lowest BCUT2D eigenvalue weighted by atomic mass is 9.94. The van der Waals surface area contributed by atoms with Crippen molar-refractivity contribution in [3.63, 3.8) is 0 Å². The third-order valence-electron chi connectivity index (χ3n) is 1.77. The average molecular weight is 115 g/mol. The smallest absolute Gasteiger partial charge is 0.00465 e. The fourth-order valence-electron chi connectivity index (χ4n) is 0.910. The summed E-state index contributed by atoms with van der Waals surface area (Å²) in [4.78, 5) is 0. The van der Waals surface area contributed by atoms with Gasteiger partial charge in [-0.1, -0.05) is 27.2 Å². The summed E-state index contributed by atoms with van der Waals surface area (Å²) in [6, 6.07) is 0. The van der Waals surface area contributed by atoms with Gasteiger partial charge in [-0.05, 0) is 18.4 Å². The molecule has 1 atom stereocenters.